The molecule has 0 aliphatic heterocycles. The number of thiophene rings is 1. The zero-order valence-electron chi connectivity index (χ0n) is 17.5. The summed E-state index contributed by atoms with van der Waals surface area (Å²) in [6.07, 6.45) is 6.38. The van der Waals surface area contributed by atoms with Gasteiger partial charge in [-0.2, -0.15) is 0 Å². The molecule has 4 fully saturated rings. The average Bonchev–Trinajstić information content (AvgIpc) is 3.26. The Morgan fingerprint density at radius 1 is 1.09 bits per heavy atom. The quantitative estimate of drug-likeness (QED) is 0.581. The molecular formula is C23H25NO6S2. The van der Waals surface area contributed by atoms with E-state index in [1.165, 1.54) is 37.5 Å². The van der Waals surface area contributed by atoms with Gasteiger partial charge < -0.3 is 9.84 Å². The Balaban J connectivity index is 1.23. The van der Waals surface area contributed by atoms with Crippen LogP contribution in [0.3, 0.4) is 0 Å². The fraction of sp³-hybridized carbons (Fsp3) is 0.478. The van der Waals surface area contributed by atoms with Crippen LogP contribution >= 0.6 is 11.3 Å². The fourth-order valence-electron chi connectivity index (χ4n) is 6.20. The number of nitrogens with one attached hydrogen (secondary N) is 1. The molecule has 0 spiro atoms. The molecule has 0 saturated heterocycles. The molecule has 170 valence electrons. The second-order valence-corrected chi connectivity index (χ2v) is 12.3. The van der Waals surface area contributed by atoms with E-state index in [0.29, 0.717) is 17.8 Å². The SMILES string of the molecule is O=C(OCC(=O)C12CC3CC(CC(C3)C1)C2)c1ccc(NS(=O)(=O)c2cccs2)cc1O. The van der Waals surface area contributed by atoms with Gasteiger partial charge in [0.1, 0.15) is 15.5 Å². The van der Waals surface area contributed by atoms with Crippen molar-refractivity contribution in [1.82, 2.24) is 0 Å². The van der Waals surface area contributed by atoms with Crippen molar-refractivity contribution in [3.8, 4) is 5.75 Å². The van der Waals surface area contributed by atoms with Gasteiger partial charge >= 0.3 is 5.97 Å². The summed E-state index contributed by atoms with van der Waals surface area (Å²) >= 11 is 1.07. The molecule has 2 aromatic rings. The van der Waals surface area contributed by atoms with Gasteiger partial charge in [0.05, 0.1) is 5.69 Å². The van der Waals surface area contributed by atoms with E-state index in [4.69, 9.17) is 4.74 Å². The Hall–Kier alpha value is -2.39. The molecule has 32 heavy (non-hydrogen) atoms. The molecule has 2 N–H and O–H groups in total. The lowest BCUT2D eigenvalue weighted by molar-refractivity contribution is -0.147. The van der Waals surface area contributed by atoms with E-state index in [0.717, 1.165) is 36.7 Å². The third-order valence-electron chi connectivity index (χ3n) is 7.19. The Bertz CT molecular complexity index is 1120. The highest BCUT2D eigenvalue weighted by molar-refractivity contribution is 7.94. The first-order valence-corrected chi connectivity index (χ1v) is 13.2. The number of ether oxygens (including phenoxy) is 1. The Labute approximate surface area is 190 Å². The summed E-state index contributed by atoms with van der Waals surface area (Å²) in [5.41, 5.74) is -0.333. The van der Waals surface area contributed by atoms with Crippen molar-refractivity contribution in [2.75, 3.05) is 11.3 Å². The second-order valence-electron chi connectivity index (χ2n) is 9.47. The molecule has 0 unspecified atom stereocenters. The molecule has 1 aromatic carbocycles. The van der Waals surface area contributed by atoms with Crippen molar-refractivity contribution in [1.29, 1.82) is 0 Å². The lowest BCUT2D eigenvalue weighted by Crippen LogP contribution is -2.51. The normalized spacial score (nSPS) is 28.4. The fourth-order valence-corrected chi connectivity index (χ4v) is 8.25. The summed E-state index contributed by atoms with van der Waals surface area (Å²) < 4.78 is 32.4. The molecule has 7 nitrogen and oxygen atoms in total. The molecule has 6 rings (SSSR count). The van der Waals surface area contributed by atoms with Crippen molar-refractivity contribution in [2.24, 2.45) is 23.2 Å². The van der Waals surface area contributed by atoms with Gasteiger partial charge in [-0.1, -0.05) is 6.07 Å². The largest absolute Gasteiger partial charge is 0.507 e. The number of hydrogen-bond donors (Lipinski definition) is 2. The number of phenols is 1. The van der Waals surface area contributed by atoms with Crippen LogP contribution in [-0.4, -0.2) is 31.9 Å². The maximum atomic E-state index is 13.0. The smallest absolute Gasteiger partial charge is 0.342 e. The van der Waals surface area contributed by atoms with Gasteiger partial charge in [-0.3, -0.25) is 9.52 Å². The highest BCUT2D eigenvalue weighted by atomic mass is 32.2. The van der Waals surface area contributed by atoms with E-state index in [9.17, 15) is 23.1 Å². The lowest BCUT2D eigenvalue weighted by atomic mass is 9.48. The molecule has 1 aromatic heterocycles. The number of benzene rings is 1. The molecule has 0 atom stereocenters. The van der Waals surface area contributed by atoms with Gasteiger partial charge in [-0.25, -0.2) is 13.2 Å². The Kier molecular flexibility index (Phi) is 5.28. The predicted molar refractivity (Wildman–Crippen MR) is 119 cm³/mol. The number of sulfonamides is 1. The van der Waals surface area contributed by atoms with Crippen LogP contribution in [0, 0.1) is 23.2 Å². The van der Waals surface area contributed by atoms with Crippen molar-refractivity contribution in [2.45, 2.75) is 42.7 Å². The topological polar surface area (TPSA) is 110 Å². The van der Waals surface area contributed by atoms with Crippen molar-refractivity contribution in [3.05, 3.63) is 41.3 Å². The number of phenolic OH excluding ortho intramolecular Hbond substituents is 1. The molecule has 0 amide bonds. The predicted octanol–water partition coefficient (Wildman–Crippen LogP) is 4.20. The van der Waals surface area contributed by atoms with E-state index in [-0.39, 0.29) is 33.3 Å². The molecule has 9 heteroatoms. The van der Waals surface area contributed by atoms with E-state index in [1.807, 2.05) is 0 Å². The summed E-state index contributed by atoms with van der Waals surface area (Å²) in [4.78, 5) is 25.5. The summed E-state index contributed by atoms with van der Waals surface area (Å²) in [7, 11) is -3.77. The van der Waals surface area contributed by atoms with Crippen LogP contribution in [0.4, 0.5) is 5.69 Å². The van der Waals surface area contributed by atoms with Crippen LogP contribution in [0.5, 0.6) is 5.75 Å². The molecular weight excluding hydrogens is 450 g/mol. The van der Waals surface area contributed by atoms with Crippen molar-refractivity contribution >= 4 is 38.8 Å². The second kappa shape index (κ2) is 7.88. The number of carbonyl (C=O) groups excluding carboxylic acids is 2. The summed E-state index contributed by atoms with van der Waals surface area (Å²) in [6, 6.07) is 6.92. The number of anilines is 1. The summed E-state index contributed by atoms with van der Waals surface area (Å²) in [6.45, 7) is -0.294. The van der Waals surface area contributed by atoms with E-state index < -0.39 is 21.7 Å². The third kappa shape index (κ3) is 3.92. The van der Waals surface area contributed by atoms with Gasteiger partial charge in [0.25, 0.3) is 10.0 Å². The summed E-state index contributed by atoms with van der Waals surface area (Å²) in [5, 5.41) is 11.9. The monoisotopic (exact) mass is 475 g/mol. The Morgan fingerprint density at radius 2 is 1.75 bits per heavy atom. The number of aromatic hydroxyl groups is 1. The summed E-state index contributed by atoms with van der Waals surface area (Å²) in [5.74, 6) is 0.642. The highest BCUT2D eigenvalue weighted by Crippen LogP contribution is 2.60. The zero-order valence-corrected chi connectivity index (χ0v) is 19.1. The van der Waals surface area contributed by atoms with Crippen molar-refractivity contribution in [3.63, 3.8) is 0 Å². The molecule has 4 aliphatic rings. The molecule has 4 saturated carbocycles. The standard InChI is InChI=1S/C23H25NO6S2/c25-19-9-17(24-32(28,29)21-2-1-5-31-21)3-4-18(19)22(27)30-13-20(26)23-10-14-6-15(11-23)8-16(7-14)12-23/h1-5,9,14-16,24-25H,6-8,10-13H2. The van der Waals surface area contributed by atoms with Crippen LogP contribution in [-0.2, 0) is 19.6 Å². The van der Waals surface area contributed by atoms with Gasteiger partial charge in [0.2, 0.25) is 0 Å². The maximum absolute atomic E-state index is 13.0. The van der Waals surface area contributed by atoms with Crippen LogP contribution in [0.2, 0.25) is 0 Å². The minimum atomic E-state index is -3.77. The number of ketones is 1. The van der Waals surface area contributed by atoms with Crippen LogP contribution < -0.4 is 4.72 Å². The number of Topliss-reactive ketones (excluding diaryl/α,β-unsaturated/α-hetero) is 1. The number of hydrogen-bond acceptors (Lipinski definition) is 7. The minimum Gasteiger partial charge on any atom is -0.507 e. The molecule has 0 radical (unpaired) electrons. The van der Waals surface area contributed by atoms with E-state index in [1.54, 1.807) is 11.4 Å². The van der Waals surface area contributed by atoms with E-state index >= 15 is 0 Å². The number of carbonyl (C=O) groups is 2. The Morgan fingerprint density at radius 3 is 2.31 bits per heavy atom. The third-order valence-corrected chi connectivity index (χ3v) is 9.97. The first-order valence-electron chi connectivity index (χ1n) is 10.8. The lowest BCUT2D eigenvalue weighted by Gasteiger charge is -2.55. The minimum absolute atomic E-state index is 0.00947. The molecule has 4 aliphatic carbocycles. The van der Waals surface area contributed by atoms with Crippen LogP contribution in [0.15, 0.2) is 39.9 Å². The average molecular weight is 476 g/mol. The van der Waals surface area contributed by atoms with Crippen molar-refractivity contribution < 1.29 is 27.9 Å². The highest BCUT2D eigenvalue weighted by Gasteiger charge is 2.54. The zero-order chi connectivity index (χ0) is 22.5. The number of rotatable bonds is 7. The van der Waals surface area contributed by atoms with Gasteiger partial charge in [0, 0.05) is 11.5 Å². The van der Waals surface area contributed by atoms with Crippen LogP contribution in [0.1, 0.15) is 48.9 Å². The first kappa shape index (κ1) is 21.5. The molecule has 4 bridgehead atoms. The van der Waals surface area contributed by atoms with Gasteiger partial charge in [-0.15, -0.1) is 11.3 Å². The van der Waals surface area contributed by atoms with E-state index in [2.05, 4.69) is 4.72 Å². The maximum Gasteiger partial charge on any atom is 0.342 e. The molecule has 1 heterocycles. The first-order chi connectivity index (χ1) is 15.2. The number of esters is 1. The van der Waals surface area contributed by atoms with Gasteiger partial charge in [0.15, 0.2) is 12.4 Å². The van der Waals surface area contributed by atoms with Gasteiger partial charge in [-0.05, 0) is 79.9 Å². The van der Waals surface area contributed by atoms with Crippen LogP contribution in [0.25, 0.3) is 0 Å².